The number of amides is 1. The van der Waals surface area contributed by atoms with E-state index in [9.17, 15) is 4.79 Å². The van der Waals surface area contributed by atoms with E-state index in [-0.39, 0.29) is 5.91 Å². The maximum atomic E-state index is 11.6. The minimum absolute atomic E-state index is 0.0190. The second kappa shape index (κ2) is 6.45. The van der Waals surface area contributed by atoms with E-state index >= 15 is 0 Å². The zero-order valence-electron chi connectivity index (χ0n) is 10.2. The molecule has 0 aliphatic carbocycles. The largest absolute Gasteiger partial charge is 0.496 e. The summed E-state index contributed by atoms with van der Waals surface area (Å²) in [5.74, 6) is 0.767. The molecular weight excluding hydrogens is 282 g/mol. The number of halogens is 1. The van der Waals surface area contributed by atoms with Crippen LogP contribution in [0.15, 0.2) is 34.8 Å². The number of nitrogens with zero attached hydrogens (tertiary/aromatic N) is 1. The van der Waals surface area contributed by atoms with Crippen molar-refractivity contribution in [2.45, 2.75) is 13.5 Å². The summed E-state index contributed by atoms with van der Waals surface area (Å²) in [6, 6.07) is 5.75. The van der Waals surface area contributed by atoms with E-state index in [4.69, 9.17) is 4.74 Å². The molecular formula is C13H16BrNO2. The first-order chi connectivity index (χ1) is 8.08. The lowest BCUT2D eigenvalue weighted by molar-refractivity contribution is -0.125. The van der Waals surface area contributed by atoms with Crippen molar-refractivity contribution in [3.63, 3.8) is 0 Å². The first-order valence-corrected chi connectivity index (χ1v) is 6.08. The number of carbonyl (C=O) groups excluding carboxylic acids is 1. The van der Waals surface area contributed by atoms with Crippen molar-refractivity contribution in [3.05, 3.63) is 40.4 Å². The van der Waals surface area contributed by atoms with Crippen molar-refractivity contribution in [1.29, 1.82) is 0 Å². The highest BCUT2D eigenvalue weighted by Gasteiger charge is 2.09. The molecule has 0 radical (unpaired) electrons. The standard InChI is InChI=1S/C13H16BrNO2/c1-4-5-13(16)15(2)9-10-8-11(14)6-7-12(10)17-3/h4-8H,9H2,1-3H3. The summed E-state index contributed by atoms with van der Waals surface area (Å²) < 4.78 is 6.24. The predicted octanol–water partition coefficient (Wildman–Crippen LogP) is 2.99. The average Bonchev–Trinajstić information content (AvgIpc) is 2.29. The Morgan fingerprint density at radius 3 is 2.82 bits per heavy atom. The number of benzene rings is 1. The van der Waals surface area contributed by atoms with Crippen molar-refractivity contribution in [2.75, 3.05) is 14.2 Å². The third-order valence-electron chi connectivity index (χ3n) is 2.34. The van der Waals surface area contributed by atoms with Gasteiger partial charge in [-0.3, -0.25) is 4.79 Å². The Kier molecular flexibility index (Phi) is 5.22. The second-order valence-corrected chi connectivity index (χ2v) is 4.57. The molecule has 0 aliphatic heterocycles. The van der Waals surface area contributed by atoms with Crippen LogP contribution in [0.3, 0.4) is 0 Å². The van der Waals surface area contributed by atoms with Gasteiger partial charge in [0.15, 0.2) is 0 Å². The van der Waals surface area contributed by atoms with Gasteiger partial charge < -0.3 is 9.64 Å². The molecule has 92 valence electrons. The van der Waals surface area contributed by atoms with Gasteiger partial charge in [0, 0.05) is 23.6 Å². The normalized spacial score (nSPS) is 10.6. The fourth-order valence-corrected chi connectivity index (χ4v) is 1.88. The van der Waals surface area contributed by atoms with Gasteiger partial charge in [0.2, 0.25) is 5.91 Å². The Hall–Kier alpha value is -1.29. The molecule has 4 heteroatoms. The monoisotopic (exact) mass is 297 g/mol. The van der Waals surface area contributed by atoms with Gasteiger partial charge in [-0.2, -0.15) is 0 Å². The highest BCUT2D eigenvalue weighted by molar-refractivity contribution is 9.10. The van der Waals surface area contributed by atoms with Crippen LogP contribution in [0.2, 0.25) is 0 Å². The minimum atomic E-state index is -0.0190. The van der Waals surface area contributed by atoms with Crippen molar-refractivity contribution >= 4 is 21.8 Å². The van der Waals surface area contributed by atoms with Gasteiger partial charge in [-0.05, 0) is 31.2 Å². The molecule has 1 aromatic carbocycles. The maximum absolute atomic E-state index is 11.6. The van der Waals surface area contributed by atoms with Crippen molar-refractivity contribution in [2.24, 2.45) is 0 Å². The zero-order valence-corrected chi connectivity index (χ0v) is 11.8. The van der Waals surface area contributed by atoms with Crippen LogP contribution in [0, 0.1) is 0 Å². The molecule has 0 aliphatic rings. The third kappa shape index (κ3) is 3.89. The number of allylic oxidation sites excluding steroid dienone is 1. The lowest BCUT2D eigenvalue weighted by atomic mass is 10.2. The molecule has 3 nitrogen and oxygen atoms in total. The van der Waals surface area contributed by atoms with Crippen LogP contribution < -0.4 is 4.74 Å². The molecule has 0 unspecified atom stereocenters. The van der Waals surface area contributed by atoms with Crippen LogP contribution in [0.25, 0.3) is 0 Å². The minimum Gasteiger partial charge on any atom is -0.496 e. The highest BCUT2D eigenvalue weighted by Crippen LogP contribution is 2.24. The van der Waals surface area contributed by atoms with Crippen LogP contribution in [0.1, 0.15) is 12.5 Å². The average molecular weight is 298 g/mol. The van der Waals surface area contributed by atoms with Crippen LogP contribution in [-0.4, -0.2) is 25.0 Å². The maximum Gasteiger partial charge on any atom is 0.246 e. The molecule has 1 rings (SSSR count). The highest BCUT2D eigenvalue weighted by atomic mass is 79.9. The summed E-state index contributed by atoms with van der Waals surface area (Å²) in [5.41, 5.74) is 0.974. The lowest BCUT2D eigenvalue weighted by Gasteiger charge is -2.17. The molecule has 1 aromatic rings. The summed E-state index contributed by atoms with van der Waals surface area (Å²) in [5, 5.41) is 0. The molecule has 0 N–H and O–H groups in total. The van der Waals surface area contributed by atoms with Gasteiger partial charge in [0.05, 0.1) is 7.11 Å². The number of hydrogen-bond acceptors (Lipinski definition) is 2. The zero-order chi connectivity index (χ0) is 12.8. The van der Waals surface area contributed by atoms with E-state index < -0.39 is 0 Å². The van der Waals surface area contributed by atoms with E-state index in [2.05, 4.69) is 15.9 Å². The van der Waals surface area contributed by atoms with Crippen molar-refractivity contribution < 1.29 is 9.53 Å². The Balaban J connectivity index is 2.86. The Morgan fingerprint density at radius 1 is 1.53 bits per heavy atom. The van der Waals surface area contributed by atoms with Crippen LogP contribution in [0.5, 0.6) is 5.75 Å². The lowest BCUT2D eigenvalue weighted by Crippen LogP contribution is -2.24. The van der Waals surface area contributed by atoms with Gasteiger partial charge in [-0.25, -0.2) is 0 Å². The topological polar surface area (TPSA) is 29.5 Å². The van der Waals surface area contributed by atoms with Crippen LogP contribution in [0.4, 0.5) is 0 Å². The fourth-order valence-electron chi connectivity index (χ4n) is 1.47. The number of ether oxygens (including phenoxy) is 1. The summed E-state index contributed by atoms with van der Waals surface area (Å²) in [6.07, 6.45) is 3.28. The molecule has 0 saturated carbocycles. The van der Waals surface area contributed by atoms with Crippen LogP contribution in [-0.2, 0) is 11.3 Å². The van der Waals surface area contributed by atoms with E-state index in [1.54, 1.807) is 31.2 Å². The van der Waals surface area contributed by atoms with Crippen molar-refractivity contribution in [3.8, 4) is 5.75 Å². The Labute approximate surface area is 110 Å². The molecule has 0 bridgehead atoms. The number of likely N-dealkylation sites (N-methyl/N-ethyl adjacent to an activating group) is 1. The van der Waals surface area contributed by atoms with E-state index in [1.807, 2.05) is 25.1 Å². The second-order valence-electron chi connectivity index (χ2n) is 3.65. The van der Waals surface area contributed by atoms with Gasteiger partial charge in [0.25, 0.3) is 0 Å². The Morgan fingerprint density at radius 2 is 2.24 bits per heavy atom. The van der Waals surface area contributed by atoms with E-state index in [1.165, 1.54) is 0 Å². The van der Waals surface area contributed by atoms with Crippen molar-refractivity contribution in [1.82, 2.24) is 4.90 Å². The Bertz CT molecular complexity index is 429. The van der Waals surface area contributed by atoms with Gasteiger partial charge in [-0.15, -0.1) is 0 Å². The third-order valence-corrected chi connectivity index (χ3v) is 2.83. The summed E-state index contributed by atoms with van der Waals surface area (Å²) in [7, 11) is 3.39. The predicted molar refractivity (Wildman–Crippen MR) is 72.0 cm³/mol. The number of methoxy groups -OCH3 is 1. The van der Waals surface area contributed by atoms with Gasteiger partial charge in [-0.1, -0.05) is 22.0 Å². The molecule has 0 spiro atoms. The van der Waals surface area contributed by atoms with Crippen LogP contribution >= 0.6 is 15.9 Å². The molecule has 0 saturated heterocycles. The summed E-state index contributed by atoms with van der Waals surface area (Å²) >= 11 is 3.41. The first-order valence-electron chi connectivity index (χ1n) is 5.28. The summed E-state index contributed by atoms with van der Waals surface area (Å²) in [4.78, 5) is 13.3. The molecule has 0 aromatic heterocycles. The fraction of sp³-hybridized carbons (Fsp3) is 0.308. The number of rotatable bonds is 4. The molecule has 17 heavy (non-hydrogen) atoms. The quantitative estimate of drug-likeness (QED) is 0.800. The molecule has 0 heterocycles. The summed E-state index contributed by atoms with van der Waals surface area (Å²) in [6.45, 7) is 2.34. The molecule has 0 atom stereocenters. The smallest absolute Gasteiger partial charge is 0.246 e. The number of hydrogen-bond donors (Lipinski definition) is 0. The molecule has 1 amide bonds. The SMILES string of the molecule is CC=CC(=O)N(C)Cc1cc(Br)ccc1OC. The van der Waals surface area contributed by atoms with Gasteiger partial charge >= 0.3 is 0 Å². The number of carbonyl (C=O) groups is 1. The first kappa shape index (κ1) is 13.8. The van der Waals surface area contributed by atoms with E-state index in [0.29, 0.717) is 6.54 Å². The van der Waals surface area contributed by atoms with Gasteiger partial charge in [0.1, 0.15) is 5.75 Å². The molecule has 0 fully saturated rings. The van der Waals surface area contributed by atoms with E-state index in [0.717, 1.165) is 15.8 Å².